The highest BCUT2D eigenvalue weighted by Gasteiger charge is 2.30. The molecule has 3 N–H and O–H groups in total. The average molecular weight is 1380 g/mol. The number of hydrogen-bond donors (Lipinski definition) is 3. The molecular weight excluding hydrogens is 1230 g/mol. The van der Waals surface area contributed by atoms with Crippen LogP contribution in [0.15, 0.2) is 0 Å². The molecule has 0 aliphatic carbocycles. The van der Waals surface area contributed by atoms with E-state index in [1.165, 1.54) is 205 Å². The van der Waals surface area contributed by atoms with Crippen LogP contribution in [0.2, 0.25) is 0 Å². The lowest BCUT2D eigenvalue weighted by atomic mass is 10.0. The summed E-state index contributed by atoms with van der Waals surface area (Å²) >= 11 is 0. The maximum atomic E-state index is 13.1. The summed E-state index contributed by atoms with van der Waals surface area (Å²) in [4.78, 5) is 72.7. The summed E-state index contributed by atoms with van der Waals surface area (Å²) in [7, 11) is -9.91. The molecule has 0 fully saturated rings. The number of rotatable bonds is 74. The smallest absolute Gasteiger partial charge is 0.462 e. The topological polar surface area (TPSA) is 237 Å². The lowest BCUT2D eigenvalue weighted by Crippen LogP contribution is -2.30. The van der Waals surface area contributed by atoms with E-state index in [2.05, 4.69) is 41.5 Å². The first-order valence-electron chi connectivity index (χ1n) is 39.0. The Bertz CT molecular complexity index is 1820. The Morgan fingerprint density at radius 3 is 0.723 bits per heavy atom. The van der Waals surface area contributed by atoms with Gasteiger partial charge in [0, 0.05) is 25.7 Å². The monoisotopic (exact) mass is 1380 g/mol. The van der Waals surface area contributed by atoms with Crippen molar-refractivity contribution < 1.29 is 80.2 Å². The number of carbonyl (C=O) groups excluding carboxylic acids is 4. The number of aliphatic hydroxyl groups excluding tert-OH is 1. The van der Waals surface area contributed by atoms with Gasteiger partial charge in [0.05, 0.1) is 26.4 Å². The van der Waals surface area contributed by atoms with Gasteiger partial charge in [-0.25, -0.2) is 9.13 Å². The second-order valence-corrected chi connectivity index (χ2v) is 30.9. The fourth-order valence-corrected chi connectivity index (χ4v) is 13.1. The second-order valence-electron chi connectivity index (χ2n) is 28.0. The molecule has 0 aliphatic rings. The predicted octanol–water partition coefficient (Wildman–Crippen LogP) is 21.9. The van der Waals surface area contributed by atoms with Crippen LogP contribution in [-0.2, 0) is 65.4 Å². The summed E-state index contributed by atoms with van der Waals surface area (Å²) in [5.74, 6) is -0.625. The van der Waals surface area contributed by atoms with Crippen molar-refractivity contribution in [1.82, 2.24) is 0 Å². The first-order valence-corrected chi connectivity index (χ1v) is 42.0. The third-order valence-corrected chi connectivity index (χ3v) is 19.4. The lowest BCUT2D eigenvalue weighted by Gasteiger charge is -2.21. The number of phosphoric ester groups is 2. The van der Waals surface area contributed by atoms with E-state index in [0.717, 1.165) is 95.8 Å². The van der Waals surface area contributed by atoms with Crippen LogP contribution in [0.3, 0.4) is 0 Å². The number of unbranched alkanes of at least 4 members (excludes halogenated alkanes) is 44. The molecule has 5 atom stereocenters. The zero-order valence-electron chi connectivity index (χ0n) is 61.3. The second kappa shape index (κ2) is 66.9. The Morgan fingerprint density at radius 1 is 0.287 bits per heavy atom. The Balaban J connectivity index is 5.21. The molecule has 0 heterocycles. The van der Waals surface area contributed by atoms with Gasteiger partial charge in [0.15, 0.2) is 12.2 Å². The minimum atomic E-state index is -4.96. The van der Waals surface area contributed by atoms with Crippen molar-refractivity contribution >= 4 is 39.5 Å². The zero-order valence-corrected chi connectivity index (χ0v) is 63.1. The highest BCUT2D eigenvalue weighted by molar-refractivity contribution is 7.47. The zero-order chi connectivity index (χ0) is 69.3. The summed E-state index contributed by atoms with van der Waals surface area (Å²) in [6.45, 7) is 9.53. The average Bonchev–Trinajstić information content (AvgIpc) is 1.39. The molecule has 0 rings (SSSR count). The molecule has 0 radical (unpaired) electrons. The number of carbonyl (C=O) groups is 4. The SMILES string of the molecule is CCCCCCCCCCCCCCCCCCCCC(=O)O[C@H](COC(=O)CCCCCCCCCCCCCCCCC(C)C)COP(=O)(O)OC[C@@H](O)COP(=O)(O)OC[C@@H](COC(=O)CCCCCCCCCCC)OC(=O)CCCCCCCCCC(C)C. The summed E-state index contributed by atoms with van der Waals surface area (Å²) < 4.78 is 68.4. The highest BCUT2D eigenvalue weighted by Crippen LogP contribution is 2.45. The van der Waals surface area contributed by atoms with Gasteiger partial charge in [0.1, 0.15) is 19.3 Å². The molecule has 0 saturated carbocycles. The van der Waals surface area contributed by atoms with Crippen molar-refractivity contribution in [2.45, 2.75) is 407 Å². The van der Waals surface area contributed by atoms with Gasteiger partial charge in [-0.2, -0.15) is 0 Å². The van der Waals surface area contributed by atoms with Gasteiger partial charge in [-0.1, -0.05) is 337 Å². The Morgan fingerprint density at radius 2 is 0.489 bits per heavy atom. The fraction of sp³-hybridized carbons (Fsp3) is 0.947. The Hall–Kier alpha value is -1.94. The van der Waals surface area contributed by atoms with Gasteiger partial charge >= 0.3 is 39.5 Å². The standard InChI is InChI=1S/C75H146O17P2/c1-7-9-11-13-15-17-18-19-20-21-22-23-28-31-35-41-47-53-59-74(79)91-70(63-86-73(78)58-52-46-40-34-30-27-25-24-26-29-33-37-43-49-55-67(3)4)65-89-93(81,82)87-61-69(76)62-88-94(83,84)90-66-71(64-85-72(77)57-51-45-39-32-16-14-12-10-8-2)92-75(80)60-54-48-42-36-38-44-50-56-68(5)6/h67-71,76H,7-66H2,1-6H3,(H,81,82)(H,83,84)/t69-,70-,71-/m1/s1. The van der Waals surface area contributed by atoms with Crippen LogP contribution < -0.4 is 0 Å². The Labute approximate surface area is 575 Å². The molecule has 94 heavy (non-hydrogen) atoms. The van der Waals surface area contributed by atoms with E-state index in [9.17, 15) is 43.2 Å². The maximum Gasteiger partial charge on any atom is 0.472 e. The van der Waals surface area contributed by atoms with Crippen LogP contribution in [0.4, 0.5) is 0 Å². The van der Waals surface area contributed by atoms with E-state index in [1.54, 1.807) is 0 Å². The van der Waals surface area contributed by atoms with Crippen LogP contribution in [0.1, 0.15) is 388 Å². The third kappa shape index (κ3) is 68.6. The molecule has 0 amide bonds. The molecule has 0 aromatic heterocycles. The molecule has 2 unspecified atom stereocenters. The van der Waals surface area contributed by atoms with Gasteiger partial charge in [-0.15, -0.1) is 0 Å². The van der Waals surface area contributed by atoms with E-state index >= 15 is 0 Å². The van der Waals surface area contributed by atoms with E-state index in [0.29, 0.717) is 31.6 Å². The van der Waals surface area contributed by atoms with E-state index < -0.39 is 97.5 Å². The highest BCUT2D eigenvalue weighted by atomic mass is 31.2. The van der Waals surface area contributed by atoms with Gasteiger partial charge in [0.2, 0.25) is 0 Å². The Kier molecular flexibility index (Phi) is 65.5. The van der Waals surface area contributed by atoms with Gasteiger partial charge in [-0.05, 0) is 37.5 Å². The molecule has 19 heteroatoms. The third-order valence-electron chi connectivity index (χ3n) is 17.5. The summed E-state index contributed by atoms with van der Waals surface area (Å²) in [5.41, 5.74) is 0. The van der Waals surface area contributed by atoms with E-state index in [1.807, 2.05) is 0 Å². The van der Waals surface area contributed by atoms with Gasteiger partial charge in [0.25, 0.3) is 0 Å². The molecule has 0 saturated heterocycles. The normalized spacial score (nSPS) is 14.0. The van der Waals surface area contributed by atoms with Crippen molar-refractivity contribution in [3.8, 4) is 0 Å². The summed E-state index contributed by atoms with van der Waals surface area (Å²) in [6.07, 6.45) is 54.3. The fourth-order valence-electron chi connectivity index (χ4n) is 11.5. The van der Waals surface area contributed by atoms with Crippen molar-refractivity contribution in [1.29, 1.82) is 0 Å². The number of ether oxygens (including phenoxy) is 4. The van der Waals surface area contributed by atoms with Crippen molar-refractivity contribution in [3.63, 3.8) is 0 Å². The number of hydrogen-bond acceptors (Lipinski definition) is 15. The molecule has 0 spiro atoms. The van der Waals surface area contributed by atoms with Crippen molar-refractivity contribution in [3.05, 3.63) is 0 Å². The number of esters is 4. The minimum Gasteiger partial charge on any atom is -0.462 e. The van der Waals surface area contributed by atoms with Crippen LogP contribution in [0.5, 0.6) is 0 Å². The predicted molar refractivity (Wildman–Crippen MR) is 381 cm³/mol. The molecule has 0 aromatic carbocycles. The van der Waals surface area contributed by atoms with Crippen molar-refractivity contribution in [2.24, 2.45) is 11.8 Å². The van der Waals surface area contributed by atoms with Crippen LogP contribution in [-0.4, -0.2) is 96.7 Å². The first-order chi connectivity index (χ1) is 45.4. The minimum absolute atomic E-state index is 0.104. The number of phosphoric acid groups is 2. The number of aliphatic hydroxyl groups is 1. The van der Waals surface area contributed by atoms with Crippen LogP contribution >= 0.6 is 15.6 Å². The summed E-state index contributed by atoms with van der Waals surface area (Å²) in [5, 5.41) is 10.6. The molecule has 558 valence electrons. The summed E-state index contributed by atoms with van der Waals surface area (Å²) in [6, 6.07) is 0. The van der Waals surface area contributed by atoms with Gasteiger partial charge < -0.3 is 33.8 Å². The molecular formula is C75H146O17P2. The van der Waals surface area contributed by atoms with E-state index in [4.69, 9.17) is 37.0 Å². The first kappa shape index (κ1) is 92.1. The molecule has 0 aliphatic heterocycles. The quantitative estimate of drug-likeness (QED) is 0.0222. The largest absolute Gasteiger partial charge is 0.472 e. The lowest BCUT2D eigenvalue weighted by molar-refractivity contribution is -0.161. The molecule has 17 nitrogen and oxygen atoms in total. The van der Waals surface area contributed by atoms with Gasteiger partial charge in [-0.3, -0.25) is 37.3 Å². The van der Waals surface area contributed by atoms with Crippen molar-refractivity contribution in [2.75, 3.05) is 39.6 Å². The van der Waals surface area contributed by atoms with E-state index in [-0.39, 0.29) is 25.7 Å². The van der Waals surface area contributed by atoms with Crippen LogP contribution in [0, 0.1) is 11.8 Å². The maximum absolute atomic E-state index is 13.1. The molecule has 0 aromatic rings. The van der Waals surface area contributed by atoms with Crippen LogP contribution in [0.25, 0.3) is 0 Å². The molecule has 0 bridgehead atoms.